The van der Waals surface area contributed by atoms with Crippen molar-refractivity contribution in [3.8, 4) is 11.5 Å². The highest BCUT2D eigenvalue weighted by Gasteiger charge is 2.16. The summed E-state index contributed by atoms with van der Waals surface area (Å²) >= 11 is 18.4. The molecule has 1 N–H and O–H groups in total. The van der Waals surface area contributed by atoms with Crippen molar-refractivity contribution in [3.63, 3.8) is 0 Å². The van der Waals surface area contributed by atoms with E-state index in [1.807, 2.05) is 18.2 Å². The molecule has 3 rings (SSSR count). The Morgan fingerprint density at radius 2 is 1.89 bits per heavy atom. The molecule has 1 saturated heterocycles. The lowest BCUT2D eigenvalue weighted by Gasteiger charge is -2.15. The summed E-state index contributed by atoms with van der Waals surface area (Å²) in [5, 5.41) is 4.91. The van der Waals surface area contributed by atoms with Crippen LogP contribution in [0, 0.1) is 0 Å². The molecule has 1 heterocycles. The van der Waals surface area contributed by atoms with E-state index in [2.05, 4.69) is 5.32 Å². The standard InChI is InChI=1S/C20H22Cl3NO3/c1-25-19-9-14(10-24-11-15-3-2-6-26-15)8-18(23)20(19)27-12-13-4-5-16(21)17(22)7-13/h4-5,7-9,15,24H,2-3,6,10-12H2,1H3/t15-/m1/s1. The van der Waals surface area contributed by atoms with Gasteiger partial charge in [0.15, 0.2) is 11.5 Å². The minimum atomic E-state index is 0.302. The Hall–Kier alpha value is -1.17. The van der Waals surface area contributed by atoms with Crippen LogP contribution in [-0.4, -0.2) is 26.4 Å². The van der Waals surface area contributed by atoms with Gasteiger partial charge in [0.05, 0.1) is 28.3 Å². The van der Waals surface area contributed by atoms with E-state index in [1.165, 1.54) is 0 Å². The van der Waals surface area contributed by atoms with Crippen molar-refractivity contribution < 1.29 is 14.2 Å². The quantitative estimate of drug-likeness (QED) is 0.600. The molecule has 4 nitrogen and oxygen atoms in total. The highest BCUT2D eigenvalue weighted by molar-refractivity contribution is 6.42. The van der Waals surface area contributed by atoms with Crippen molar-refractivity contribution >= 4 is 34.8 Å². The first-order valence-corrected chi connectivity index (χ1v) is 9.95. The van der Waals surface area contributed by atoms with Crippen LogP contribution in [0.1, 0.15) is 24.0 Å². The molecule has 2 aromatic carbocycles. The van der Waals surface area contributed by atoms with Gasteiger partial charge in [0, 0.05) is 19.7 Å². The maximum Gasteiger partial charge on any atom is 0.180 e. The first-order valence-electron chi connectivity index (χ1n) is 8.82. The minimum Gasteiger partial charge on any atom is -0.493 e. The Morgan fingerprint density at radius 3 is 2.59 bits per heavy atom. The molecule has 2 aromatic rings. The van der Waals surface area contributed by atoms with E-state index in [0.29, 0.717) is 45.8 Å². The Labute approximate surface area is 174 Å². The van der Waals surface area contributed by atoms with Gasteiger partial charge in [-0.25, -0.2) is 0 Å². The Bertz CT molecular complexity index is 779. The van der Waals surface area contributed by atoms with Crippen LogP contribution >= 0.6 is 34.8 Å². The average Bonchev–Trinajstić information content (AvgIpc) is 3.16. The maximum atomic E-state index is 6.44. The van der Waals surface area contributed by atoms with E-state index in [9.17, 15) is 0 Å². The smallest absolute Gasteiger partial charge is 0.180 e. The van der Waals surface area contributed by atoms with E-state index >= 15 is 0 Å². The predicted molar refractivity (Wildman–Crippen MR) is 109 cm³/mol. The number of hydrogen-bond donors (Lipinski definition) is 1. The molecular formula is C20H22Cl3NO3. The average molecular weight is 431 g/mol. The van der Waals surface area contributed by atoms with Gasteiger partial charge in [0.1, 0.15) is 6.61 Å². The van der Waals surface area contributed by atoms with Crippen molar-refractivity contribution in [2.75, 3.05) is 20.3 Å². The predicted octanol–water partition coefficient (Wildman–Crippen LogP) is 5.50. The van der Waals surface area contributed by atoms with Crippen LogP contribution in [0.15, 0.2) is 30.3 Å². The molecule has 1 atom stereocenters. The van der Waals surface area contributed by atoms with Gasteiger partial charge in [-0.1, -0.05) is 40.9 Å². The lowest BCUT2D eigenvalue weighted by Crippen LogP contribution is -2.25. The summed E-state index contributed by atoms with van der Waals surface area (Å²) in [5.74, 6) is 1.10. The monoisotopic (exact) mass is 429 g/mol. The number of rotatable bonds is 8. The number of hydrogen-bond acceptors (Lipinski definition) is 4. The Kier molecular flexibility index (Phi) is 7.50. The van der Waals surface area contributed by atoms with Gasteiger partial charge in [-0.15, -0.1) is 0 Å². The minimum absolute atomic E-state index is 0.302. The second-order valence-corrected chi connectivity index (χ2v) is 7.63. The van der Waals surface area contributed by atoms with Crippen molar-refractivity contribution in [3.05, 3.63) is 56.5 Å². The van der Waals surface area contributed by atoms with Crippen LogP contribution in [0.5, 0.6) is 11.5 Å². The zero-order valence-corrected chi connectivity index (χ0v) is 17.3. The third-order valence-corrected chi connectivity index (χ3v) is 5.40. The molecule has 0 bridgehead atoms. The molecule has 1 aliphatic rings. The molecule has 27 heavy (non-hydrogen) atoms. The molecule has 7 heteroatoms. The van der Waals surface area contributed by atoms with Crippen LogP contribution in [0.4, 0.5) is 0 Å². The van der Waals surface area contributed by atoms with Gasteiger partial charge in [-0.3, -0.25) is 0 Å². The van der Waals surface area contributed by atoms with Crippen LogP contribution in [0.25, 0.3) is 0 Å². The highest BCUT2D eigenvalue weighted by atomic mass is 35.5. The summed E-state index contributed by atoms with van der Waals surface area (Å²) in [7, 11) is 1.60. The summed E-state index contributed by atoms with van der Waals surface area (Å²) in [6, 6.07) is 9.19. The molecule has 1 fully saturated rings. The van der Waals surface area contributed by atoms with Gasteiger partial charge >= 0.3 is 0 Å². The Morgan fingerprint density at radius 1 is 1.07 bits per heavy atom. The van der Waals surface area contributed by atoms with Crippen LogP contribution in [0.3, 0.4) is 0 Å². The van der Waals surface area contributed by atoms with Crippen molar-refractivity contribution in [2.45, 2.75) is 32.1 Å². The summed E-state index contributed by atoms with van der Waals surface area (Å²) in [6.45, 7) is 2.68. The van der Waals surface area contributed by atoms with Gasteiger partial charge < -0.3 is 19.5 Å². The van der Waals surface area contributed by atoms with Gasteiger partial charge in [-0.2, -0.15) is 0 Å². The van der Waals surface area contributed by atoms with Gasteiger partial charge in [-0.05, 0) is 48.2 Å². The first kappa shape index (κ1) is 20.6. The Balaban J connectivity index is 1.63. The summed E-state index contributed by atoms with van der Waals surface area (Å²) in [4.78, 5) is 0. The number of nitrogens with one attached hydrogen (secondary N) is 1. The third-order valence-electron chi connectivity index (χ3n) is 4.38. The second-order valence-electron chi connectivity index (χ2n) is 6.41. The molecule has 0 spiro atoms. The largest absolute Gasteiger partial charge is 0.493 e. The number of methoxy groups -OCH3 is 1. The van der Waals surface area contributed by atoms with Crippen molar-refractivity contribution in [1.82, 2.24) is 5.32 Å². The lowest BCUT2D eigenvalue weighted by molar-refractivity contribution is 0.110. The third kappa shape index (κ3) is 5.66. The van der Waals surface area contributed by atoms with E-state index in [1.54, 1.807) is 19.2 Å². The van der Waals surface area contributed by atoms with Crippen molar-refractivity contribution in [1.29, 1.82) is 0 Å². The SMILES string of the molecule is COc1cc(CNC[C@H]2CCCO2)cc(Cl)c1OCc1ccc(Cl)c(Cl)c1. The van der Waals surface area contributed by atoms with E-state index in [-0.39, 0.29) is 0 Å². The molecule has 0 aliphatic carbocycles. The normalized spacial score (nSPS) is 16.5. The first-order chi connectivity index (χ1) is 13.1. The molecule has 0 unspecified atom stereocenters. The maximum absolute atomic E-state index is 6.44. The number of ether oxygens (including phenoxy) is 3. The van der Waals surface area contributed by atoms with Crippen LogP contribution in [-0.2, 0) is 17.9 Å². The molecular weight excluding hydrogens is 409 g/mol. The van der Waals surface area contributed by atoms with E-state index in [4.69, 9.17) is 49.0 Å². The summed E-state index contributed by atoms with van der Waals surface area (Å²) in [6.07, 6.45) is 2.55. The fourth-order valence-corrected chi connectivity index (χ4v) is 3.59. The zero-order chi connectivity index (χ0) is 19.2. The summed E-state index contributed by atoms with van der Waals surface area (Å²) in [5.41, 5.74) is 1.92. The van der Waals surface area contributed by atoms with E-state index < -0.39 is 0 Å². The fraction of sp³-hybridized carbons (Fsp3) is 0.400. The number of benzene rings is 2. The molecule has 146 valence electrons. The molecule has 1 aliphatic heterocycles. The zero-order valence-electron chi connectivity index (χ0n) is 15.1. The second kappa shape index (κ2) is 9.85. The molecule has 0 radical (unpaired) electrons. The van der Waals surface area contributed by atoms with Gasteiger partial charge in [0.2, 0.25) is 0 Å². The highest BCUT2D eigenvalue weighted by Crippen LogP contribution is 2.37. The molecule has 0 aromatic heterocycles. The lowest BCUT2D eigenvalue weighted by atomic mass is 10.2. The van der Waals surface area contributed by atoms with Crippen molar-refractivity contribution in [2.24, 2.45) is 0 Å². The molecule has 0 amide bonds. The summed E-state index contributed by atoms with van der Waals surface area (Å²) < 4.78 is 17.0. The van der Waals surface area contributed by atoms with Crippen LogP contribution in [0.2, 0.25) is 15.1 Å². The van der Waals surface area contributed by atoms with Gasteiger partial charge in [0.25, 0.3) is 0 Å². The fourth-order valence-electron chi connectivity index (χ4n) is 2.98. The topological polar surface area (TPSA) is 39.7 Å². The number of halogens is 3. The van der Waals surface area contributed by atoms with Crippen LogP contribution < -0.4 is 14.8 Å². The van der Waals surface area contributed by atoms with E-state index in [0.717, 1.165) is 37.1 Å². The molecule has 0 saturated carbocycles.